The van der Waals surface area contributed by atoms with Crippen molar-refractivity contribution in [3.8, 4) is 0 Å². The number of anilines is 2. The highest BCUT2D eigenvalue weighted by atomic mass is 16.5. The molecular weight excluding hydrogens is 384 g/mol. The molecule has 0 atom stereocenters. The quantitative estimate of drug-likeness (QED) is 0.722. The molecule has 2 aliphatic rings. The predicted molar refractivity (Wildman–Crippen MR) is 113 cm³/mol. The summed E-state index contributed by atoms with van der Waals surface area (Å²) in [5.41, 5.74) is 8.89. The summed E-state index contributed by atoms with van der Waals surface area (Å²) in [6, 6.07) is 5.44. The maximum absolute atomic E-state index is 13.0. The second-order valence-electron chi connectivity index (χ2n) is 7.21. The van der Waals surface area contributed by atoms with Crippen LogP contribution in [0.3, 0.4) is 0 Å². The first kappa shape index (κ1) is 19.8. The van der Waals surface area contributed by atoms with E-state index in [1.807, 2.05) is 12.1 Å². The summed E-state index contributed by atoms with van der Waals surface area (Å²) in [5, 5.41) is 2.96. The van der Waals surface area contributed by atoms with Crippen LogP contribution in [0.15, 0.2) is 36.8 Å². The summed E-state index contributed by atoms with van der Waals surface area (Å²) >= 11 is 0. The van der Waals surface area contributed by atoms with E-state index < -0.39 is 5.91 Å². The zero-order valence-electron chi connectivity index (χ0n) is 16.8. The van der Waals surface area contributed by atoms with Gasteiger partial charge in [-0.15, -0.1) is 0 Å². The Labute approximate surface area is 174 Å². The van der Waals surface area contributed by atoms with E-state index in [-0.39, 0.29) is 17.3 Å². The number of rotatable bonds is 4. The lowest BCUT2D eigenvalue weighted by atomic mass is 9.96. The molecule has 2 aliphatic heterocycles. The normalized spacial score (nSPS) is 17.0. The Hall–Kier alpha value is -3.46. The Morgan fingerprint density at radius 3 is 2.63 bits per heavy atom. The van der Waals surface area contributed by atoms with Crippen molar-refractivity contribution >= 4 is 28.8 Å². The van der Waals surface area contributed by atoms with E-state index >= 15 is 0 Å². The van der Waals surface area contributed by atoms with Crippen molar-refractivity contribution in [2.45, 2.75) is 6.42 Å². The number of nitrogens with zero attached hydrogens (tertiary/aromatic N) is 4. The summed E-state index contributed by atoms with van der Waals surface area (Å²) in [6.45, 7) is 3.16. The van der Waals surface area contributed by atoms with Crippen LogP contribution in [0.4, 0.5) is 11.4 Å². The lowest BCUT2D eigenvalue weighted by Gasteiger charge is -2.33. The van der Waals surface area contributed by atoms with Gasteiger partial charge in [-0.05, 0) is 30.2 Å². The predicted octanol–water partition coefficient (Wildman–Crippen LogP) is 0.880. The Morgan fingerprint density at radius 2 is 1.93 bits per heavy atom. The molecule has 3 heterocycles. The van der Waals surface area contributed by atoms with Crippen molar-refractivity contribution in [3.63, 3.8) is 0 Å². The number of likely N-dealkylation sites (N-methyl/N-ethyl adjacent to an activating group) is 1. The number of aromatic nitrogens is 2. The average molecular weight is 408 g/mol. The maximum Gasteiger partial charge on any atom is 0.261 e. The molecule has 2 amide bonds. The molecule has 9 heteroatoms. The van der Waals surface area contributed by atoms with Crippen LogP contribution in [-0.2, 0) is 16.0 Å². The van der Waals surface area contributed by atoms with Crippen LogP contribution in [0.5, 0.6) is 0 Å². The molecule has 2 aromatic rings. The highest BCUT2D eigenvalue weighted by Gasteiger charge is 2.27. The summed E-state index contributed by atoms with van der Waals surface area (Å²) in [7, 11) is 1.80. The number of morpholine rings is 1. The Bertz CT molecular complexity index is 986. The van der Waals surface area contributed by atoms with E-state index in [1.54, 1.807) is 30.4 Å². The minimum absolute atomic E-state index is 0.0103. The molecular formula is C21H24N6O3. The molecule has 9 nitrogen and oxygen atoms in total. The number of nitrogens with two attached hydrogens (primary N) is 1. The van der Waals surface area contributed by atoms with Crippen molar-refractivity contribution in [1.82, 2.24) is 14.9 Å². The van der Waals surface area contributed by atoms with Crippen molar-refractivity contribution in [1.29, 1.82) is 0 Å². The second-order valence-corrected chi connectivity index (χ2v) is 7.21. The molecule has 0 unspecified atom stereocenters. The molecule has 3 N–H and O–H groups in total. The SMILES string of the molecule is CN1CCc2cc(NC(=O)C(=CN)c3ncccn3)c(N3CCOCC3)cc2C1=O. The van der Waals surface area contributed by atoms with E-state index in [9.17, 15) is 9.59 Å². The number of ether oxygens (including phenoxy) is 1. The Balaban J connectivity index is 1.71. The largest absolute Gasteiger partial charge is 0.404 e. The van der Waals surface area contributed by atoms with Gasteiger partial charge in [0, 0.05) is 50.8 Å². The molecule has 1 fully saturated rings. The average Bonchev–Trinajstić information content (AvgIpc) is 2.78. The number of carbonyl (C=O) groups is 2. The summed E-state index contributed by atoms with van der Waals surface area (Å²) in [4.78, 5) is 37.7. The van der Waals surface area contributed by atoms with Gasteiger partial charge in [0.2, 0.25) is 0 Å². The molecule has 0 aliphatic carbocycles. The zero-order chi connectivity index (χ0) is 21.1. The van der Waals surface area contributed by atoms with Crippen molar-refractivity contribution < 1.29 is 14.3 Å². The fraction of sp³-hybridized carbons (Fsp3) is 0.333. The van der Waals surface area contributed by atoms with Crippen LogP contribution >= 0.6 is 0 Å². The molecule has 156 valence electrons. The molecule has 0 bridgehead atoms. The van der Waals surface area contributed by atoms with Crippen LogP contribution in [0.1, 0.15) is 21.7 Å². The second kappa shape index (κ2) is 8.50. The highest BCUT2D eigenvalue weighted by Crippen LogP contribution is 2.33. The number of hydrogen-bond acceptors (Lipinski definition) is 7. The third kappa shape index (κ3) is 3.84. The third-order valence-corrected chi connectivity index (χ3v) is 5.33. The number of carbonyl (C=O) groups excluding carboxylic acids is 2. The summed E-state index contributed by atoms with van der Waals surface area (Å²) < 4.78 is 5.46. The van der Waals surface area contributed by atoms with E-state index in [4.69, 9.17) is 10.5 Å². The molecule has 0 saturated carbocycles. The third-order valence-electron chi connectivity index (χ3n) is 5.33. The molecule has 30 heavy (non-hydrogen) atoms. The fourth-order valence-corrected chi connectivity index (χ4v) is 3.68. The lowest BCUT2D eigenvalue weighted by molar-refractivity contribution is -0.111. The first-order valence-electron chi connectivity index (χ1n) is 9.84. The molecule has 0 spiro atoms. The van der Waals surface area contributed by atoms with Crippen LogP contribution in [0, 0.1) is 0 Å². The standard InChI is InChI=1S/C21H24N6O3/c1-26-6-3-14-11-17(25-20(28)16(13-22)19-23-4-2-5-24-19)18(12-15(14)21(26)29)27-7-9-30-10-8-27/h2,4-5,11-13H,3,6-10,22H2,1H3,(H,25,28). The van der Waals surface area contributed by atoms with Gasteiger partial charge in [0.15, 0.2) is 5.82 Å². The summed E-state index contributed by atoms with van der Waals surface area (Å²) in [5.74, 6) is -0.165. The van der Waals surface area contributed by atoms with Gasteiger partial charge in [-0.3, -0.25) is 9.59 Å². The lowest BCUT2D eigenvalue weighted by Crippen LogP contribution is -2.38. The topological polar surface area (TPSA) is 114 Å². The van der Waals surface area contributed by atoms with E-state index in [2.05, 4.69) is 20.2 Å². The van der Waals surface area contributed by atoms with Crippen LogP contribution < -0.4 is 16.0 Å². The molecule has 4 rings (SSSR count). The van der Waals surface area contributed by atoms with Crippen molar-refractivity contribution in [2.75, 3.05) is 50.1 Å². The molecule has 1 aromatic carbocycles. The van der Waals surface area contributed by atoms with Crippen molar-refractivity contribution in [2.24, 2.45) is 5.73 Å². The minimum atomic E-state index is -0.405. The van der Waals surface area contributed by atoms with Gasteiger partial charge in [0.05, 0.1) is 30.2 Å². The fourth-order valence-electron chi connectivity index (χ4n) is 3.68. The smallest absolute Gasteiger partial charge is 0.261 e. The number of hydrogen-bond donors (Lipinski definition) is 2. The number of nitrogens with one attached hydrogen (secondary N) is 1. The van der Waals surface area contributed by atoms with Gasteiger partial charge in [0.25, 0.3) is 11.8 Å². The van der Waals surface area contributed by atoms with Gasteiger partial charge >= 0.3 is 0 Å². The van der Waals surface area contributed by atoms with Gasteiger partial charge in [-0.2, -0.15) is 0 Å². The van der Waals surface area contributed by atoms with Gasteiger partial charge in [0.1, 0.15) is 0 Å². The maximum atomic E-state index is 13.0. The minimum Gasteiger partial charge on any atom is -0.404 e. The monoisotopic (exact) mass is 408 g/mol. The number of amides is 2. The van der Waals surface area contributed by atoms with Crippen LogP contribution in [0.25, 0.3) is 5.57 Å². The molecule has 0 radical (unpaired) electrons. The number of fused-ring (bicyclic) bond motifs is 1. The van der Waals surface area contributed by atoms with E-state index in [1.165, 1.54) is 6.20 Å². The van der Waals surface area contributed by atoms with Crippen molar-refractivity contribution in [3.05, 3.63) is 53.7 Å². The van der Waals surface area contributed by atoms with Gasteiger partial charge in [-0.1, -0.05) is 0 Å². The van der Waals surface area contributed by atoms with Crippen LogP contribution in [-0.4, -0.2) is 66.6 Å². The first-order valence-corrected chi connectivity index (χ1v) is 9.84. The van der Waals surface area contributed by atoms with Gasteiger partial charge in [-0.25, -0.2) is 9.97 Å². The Morgan fingerprint density at radius 1 is 1.20 bits per heavy atom. The zero-order valence-corrected chi connectivity index (χ0v) is 16.8. The number of benzene rings is 1. The highest BCUT2D eigenvalue weighted by molar-refractivity contribution is 6.25. The van der Waals surface area contributed by atoms with Gasteiger partial charge < -0.3 is 25.6 Å². The molecule has 1 saturated heterocycles. The van der Waals surface area contributed by atoms with Crippen LogP contribution in [0.2, 0.25) is 0 Å². The first-order chi connectivity index (χ1) is 14.6. The Kier molecular flexibility index (Phi) is 5.62. The van der Waals surface area contributed by atoms with E-state index in [0.29, 0.717) is 44.1 Å². The summed E-state index contributed by atoms with van der Waals surface area (Å²) in [6.07, 6.45) is 5.04. The molecule has 1 aromatic heterocycles. The van der Waals surface area contributed by atoms with E-state index in [0.717, 1.165) is 17.7 Å².